The number of aromatic nitrogens is 2. The number of rotatable bonds is 3. The van der Waals surface area contributed by atoms with Crippen LogP contribution in [0.4, 0.5) is 0 Å². The predicted octanol–water partition coefficient (Wildman–Crippen LogP) is 2.00. The van der Waals surface area contributed by atoms with Gasteiger partial charge < -0.3 is 4.90 Å². The van der Waals surface area contributed by atoms with Crippen LogP contribution in [0.2, 0.25) is 0 Å². The van der Waals surface area contributed by atoms with Crippen molar-refractivity contribution in [3.05, 3.63) is 53.3 Å². The summed E-state index contributed by atoms with van der Waals surface area (Å²) in [6.45, 7) is 2.50. The molecule has 2 rings (SSSR count). The van der Waals surface area contributed by atoms with E-state index in [1.165, 1.54) is 0 Å². The topological polar surface area (TPSA) is 38.1 Å². The van der Waals surface area contributed by atoms with Crippen molar-refractivity contribution in [2.45, 2.75) is 13.5 Å². The van der Waals surface area contributed by atoms with Crippen LogP contribution in [0.5, 0.6) is 0 Å². The molecule has 1 amide bonds. The third-order valence-corrected chi connectivity index (χ3v) is 2.78. The fourth-order valence-electron chi connectivity index (χ4n) is 1.86. The van der Waals surface area contributed by atoms with Crippen molar-refractivity contribution in [2.75, 3.05) is 7.05 Å². The highest BCUT2D eigenvalue weighted by Gasteiger charge is 2.12. The third kappa shape index (κ3) is 2.77. The molecule has 0 unspecified atom stereocenters. The molecule has 2 aromatic rings. The summed E-state index contributed by atoms with van der Waals surface area (Å²) in [6.07, 6.45) is 1.88. The van der Waals surface area contributed by atoms with Crippen LogP contribution in [0, 0.1) is 6.92 Å². The van der Waals surface area contributed by atoms with Crippen molar-refractivity contribution in [3.63, 3.8) is 0 Å². The molecule has 0 saturated heterocycles. The largest absolute Gasteiger partial charge is 0.336 e. The SMILES string of the molecule is Cc1cccc(C(=O)N(C)Cc2ccn(C)n2)c1. The zero-order valence-electron chi connectivity index (χ0n) is 10.9. The maximum Gasteiger partial charge on any atom is 0.253 e. The summed E-state index contributed by atoms with van der Waals surface area (Å²) in [5.41, 5.74) is 2.70. The van der Waals surface area contributed by atoms with E-state index in [1.54, 1.807) is 16.6 Å². The van der Waals surface area contributed by atoms with Crippen LogP contribution >= 0.6 is 0 Å². The lowest BCUT2D eigenvalue weighted by atomic mass is 10.1. The van der Waals surface area contributed by atoms with Crippen LogP contribution in [-0.2, 0) is 13.6 Å². The molecule has 0 aliphatic heterocycles. The minimum absolute atomic E-state index is 0.0179. The summed E-state index contributed by atoms with van der Waals surface area (Å²) in [5, 5.41) is 4.27. The number of amides is 1. The Balaban J connectivity index is 2.09. The number of hydrogen-bond donors (Lipinski definition) is 0. The van der Waals surface area contributed by atoms with Gasteiger partial charge in [-0.1, -0.05) is 17.7 Å². The summed E-state index contributed by atoms with van der Waals surface area (Å²) in [6, 6.07) is 9.54. The first-order chi connectivity index (χ1) is 8.56. The van der Waals surface area contributed by atoms with Gasteiger partial charge in [0.15, 0.2) is 0 Å². The summed E-state index contributed by atoms with van der Waals surface area (Å²) in [7, 11) is 3.66. The number of carbonyl (C=O) groups is 1. The molecule has 0 aliphatic rings. The van der Waals surface area contributed by atoms with Crippen molar-refractivity contribution in [1.29, 1.82) is 0 Å². The molecule has 18 heavy (non-hydrogen) atoms. The molecule has 1 aromatic carbocycles. The number of nitrogens with zero attached hydrogens (tertiary/aromatic N) is 3. The van der Waals surface area contributed by atoms with Crippen LogP contribution in [0.1, 0.15) is 21.6 Å². The van der Waals surface area contributed by atoms with Gasteiger partial charge in [-0.05, 0) is 25.1 Å². The molecule has 0 bridgehead atoms. The number of aryl methyl sites for hydroxylation is 2. The zero-order valence-corrected chi connectivity index (χ0v) is 10.9. The zero-order chi connectivity index (χ0) is 13.1. The smallest absolute Gasteiger partial charge is 0.253 e. The first kappa shape index (κ1) is 12.4. The van der Waals surface area contributed by atoms with Gasteiger partial charge in [-0.15, -0.1) is 0 Å². The van der Waals surface area contributed by atoms with Crippen LogP contribution in [0.25, 0.3) is 0 Å². The molecule has 1 aromatic heterocycles. The van der Waals surface area contributed by atoms with E-state index in [0.717, 1.165) is 11.3 Å². The number of hydrogen-bond acceptors (Lipinski definition) is 2. The Morgan fingerprint density at radius 3 is 2.78 bits per heavy atom. The molecule has 4 nitrogen and oxygen atoms in total. The van der Waals surface area contributed by atoms with Crippen LogP contribution in [-0.4, -0.2) is 27.6 Å². The minimum Gasteiger partial charge on any atom is -0.336 e. The van der Waals surface area contributed by atoms with Gasteiger partial charge in [-0.25, -0.2) is 0 Å². The average Bonchev–Trinajstić information content (AvgIpc) is 2.73. The molecule has 0 saturated carbocycles. The predicted molar refractivity (Wildman–Crippen MR) is 70.2 cm³/mol. The van der Waals surface area contributed by atoms with Gasteiger partial charge in [0.25, 0.3) is 5.91 Å². The highest BCUT2D eigenvalue weighted by atomic mass is 16.2. The molecule has 94 valence electrons. The molecule has 0 fully saturated rings. The van der Waals surface area contributed by atoms with E-state index in [9.17, 15) is 4.79 Å². The Labute approximate surface area is 107 Å². The maximum atomic E-state index is 12.2. The highest BCUT2D eigenvalue weighted by Crippen LogP contribution is 2.09. The molecule has 4 heteroatoms. The summed E-state index contributed by atoms with van der Waals surface area (Å²) < 4.78 is 1.74. The average molecular weight is 243 g/mol. The molecule has 0 spiro atoms. The molecule has 0 N–H and O–H groups in total. The summed E-state index contributed by atoms with van der Waals surface area (Å²) in [5.74, 6) is 0.0179. The van der Waals surface area contributed by atoms with Crippen LogP contribution < -0.4 is 0 Å². The van der Waals surface area contributed by atoms with E-state index in [4.69, 9.17) is 0 Å². The molecule has 0 atom stereocenters. The van der Waals surface area contributed by atoms with E-state index >= 15 is 0 Å². The van der Waals surface area contributed by atoms with Crippen LogP contribution in [0.15, 0.2) is 36.5 Å². The lowest BCUT2D eigenvalue weighted by molar-refractivity contribution is 0.0783. The van der Waals surface area contributed by atoms with E-state index in [1.807, 2.05) is 50.5 Å². The summed E-state index contributed by atoms with van der Waals surface area (Å²) in [4.78, 5) is 13.9. The lowest BCUT2D eigenvalue weighted by Gasteiger charge is -2.16. The number of carbonyl (C=O) groups excluding carboxylic acids is 1. The van der Waals surface area contributed by atoms with Gasteiger partial charge in [0.05, 0.1) is 12.2 Å². The minimum atomic E-state index is 0.0179. The monoisotopic (exact) mass is 243 g/mol. The van der Waals surface area contributed by atoms with Crippen molar-refractivity contribution < 1.29 is 4.79 Å². The molecular weight excluding hydrogens is 226 g/mol. The van der Waals surface area contributed by atoms with Gasteiger partial charge in [-0.3, -0.25) is 9.48 Å². The molecule has 0 aliphatic carbocycles. The van der Waals surface area contributed by atoms with E-state index in [0.29, 0.717) is 12.1 Å². The second-order valence-corrected chi connectivity index (χ2v) is 4.51. The van der Waals surface area contributed by atoms with Gasteiger partial charge in [0.1, 0.15) is 0 Å². The molecular formula is C14H17N3O. The Kier molecular flexibility index (Phi) is 3.46. The fourth-order valence-corrected chi connectivity index (χ4v) is 1.86. The Bertz CT molecular complexity index is 560. The Hall–Kier alpha value is -2.10. The Morgan fingerprint density at radius 2 is 2.17 bits per heavy atom. The van der Waals surface area contributed by atoms with Crippen LogP contribution in [0.3, 0.4) is 0 Å². The van der Waals surface area contributed by atoms with Crippen molar-refractivity contribution in [2.24, 2.45) is 7.05 Å². The first-order valence-corrected chi connectivity index (χ1v) is 5.87. The van der Waals surface area contributed by atoms with Crippen molar-refractivity contribution in [1.82, 2.24) is 14.7 Å². The molecule has 1 heterocycles. The second-order valence-electron chi connectivity index (χ2n) is 4.51. The van der Waals surface area contributed by atoms with Crippen molar-refractivity contribution >= 4 is 5.91 Å². The highest BCUT2D eigenvalue weighted by molar-refractivity contribution is 5.94. The van der Waals surface area contributed by atoms with Gasteiger partial charge in [0, 0.05) is 25.9 Å². The standard InChI is InChI=1S/C14H17N3O/c1-11-5-4-6-12(9-11)14(18)16(2)10-13-7-8-17(3)15-13/h4-9H,10H2,1-3H3. The second kappa shape index (κ2) is 5.04. The molecule has 0 radical (unpaired) electrons. The Morgan fingerprint density at radius 1 is 1.39 bits per heavy atom. The quantitative estimate of drug-likeness (QED) is 0.827. The maximum absolute atomic E-state index is 12.2. The van der Waals surface area contributed by atoms with Crippen molar-refractivity contribution in [3.8, 4) is 0 Å². The fraction of sp³-hybridized carbons (Fsp3) is 0.286. The third-order valence-electron chi connectivity index (χ3n) is 2.78. The number of benzene rings is 1. The van der Waals surface area contributed by atoms with E-state index in [2.05, 4.69) is 5.10 Å². The lowest BCUT2D eigenvalue weighted by Crippen LogP contribution is -2.26. The van der Waals surface area contributed by atoms with Gasteiger partial charge in [0.2, 0.25) is 0 Å². The normalized spacial score (nSPS) is 10.4. The van der Waals surface area contributed by atoms with Gasteiger partial charge >= 0.3 is 0 Å². The van der Waals surface area contributed by atoms with E-state index < -0.39 is 0 Å². The first-order valence-electron chi connectivity index (χ1n) is 5.87. The van der Waals surface area contributed by atoms with Gasteiger partial charge in [-0.2, -0.15) is 5.10 Å². The summed E-state index contributed by atoms with van der Waals surface area (Å²) >= 11 is 0. The van der Waals surface area contributed by atoms with E-state index in [-0.39, 0.29) is 5.91 Å².